The van der Waals surface area contributed by atoms with Gasteiger partial charge in [0.15, 0.2) is 0 Å². The number of amides is 3. The first-order valence-electron chi connectivity index (χ1n) is 6.47. The van der Waals surface area contributed by atoms with E-state index in [-0.39, 0.29) is 11.9 Å². The second-order valence-electron chi connectivity index (χ2n) is 4.57. The number of carbonyl (C=O) groups excluding carboxylic acids is 2. The van der Waals surface area contributed by atoms with Gasteiger partial charge in [0.1, 0.15) is 0 Å². The van der Waals surface area contributed by atoms with Crippen molar-refractivity contribution in [3.05, 3.63) is 0 Å². The molecule has 0 radical (unpaired) electrons. The van der Waals surface area contributed by atoms with E-state index in [2.05, 4.69) is 16.0 Å². The molecule has 0 unspecified atom stereocenters. The van der Waals surface area contributed by atoms with Crippen molar-refractivity contribution in [2.75, 3.05) is 13.1 Å². The van der Waals surface area contributed by atoms with Gasteiger partial charge in [0.25, 0.3) is 0 Å². The fourth-order valence-electron chi connectivity index (χ4n) is 2.04. The number of rotatable bonds is 5. The zero-order chi connectivity index (χ0) is 12.5. The van der Waals surface area contributed by atoms with Crippen LogP contribution in [-0.4, -0.2) is 31.1 Å². The summed E-state index contributed by atoms with van der Waals surface area (Å²) in [5.41, 5.74) is 0. The lowest BCUT2D eigenvalue weighted by molar-refractivity contribution is -0.118. The molecule has 1 aliphatic rings. The quantitative estimate of drug-likeness (QED) is 0.632. The van der Waals surface area contributed by atoms with Crippen molar-refractivity contribution in [1.29, 1.82) is 0 Å². The average Bonchev–Trinajstić information content (AvgIpc) is 2.29. The van der Waals surface area contributed by atoms with Gasteiger partial charge < -0.3 is 16.0 Å². The summed E-state index contributed by atoms with van der Waals surface area (Å²) in [5, 5.41) is 8.47. The Kier molecular flexibility index (Phi) is 6.43. The standard InChI is InChI=1S/C12H23N3O2/c1-10(16)13-8-5-9-14-12(17)15-11-6-3-2-4-7-11/h11H,2-9H2,1H3,(H,13,16)(H2,14,15,17). The van der Waals surface area contributed by atoms with Crippen LogP contribution in [0.1, 0.15) is 45.4 Å². The van der Waals surface area contributed by atoms with E-state index in [9.17, 15) is 9.59 Å². The molecule has 98 valence electrons. The van der Waals surface area contributed by atoms with Crippen LogP contribution in [0.15, 0.2) is 0 Å². The SMILES string of the molecule is CC(=O)NCCCNC(=O)NC1CCCCC1. The molecule has 0 spiro atoms. The summed E-state index contributed by atoms with van der Waals surface area (Å²) in [7, 11) is 0. The van der Waals surface area contributed by atoms with Crippen molar-refractivity contribution in [2.45, 2.75) is 51.5 Å². The summed E-state index contributed by atoms with van der Waals surface area (Å²) in [6, 6.07) is 0.263. The molecule has 1 fully saturated rings. The molecule has 0 aromatic carbocycles. The second kappa shape index (κ2) is 7.92. The van der Waals surface area contributed by atoms with Gasteiger partial charge in [-0.2, -0.15) is 0 Å². The minimum atomic E-state index is -0.0836. The molecular formula is C12H23N3O2. The van der Waals surface area contributed by atoms with E-state index in [1.54, 1.807) is 0 Å². The second-order valence-corrected chi connectivity index (χ2v) is 4.57. The molecule has 1 rings (SSSR count). The van der Waals surface area contributed by atoms with Gasteiger partial charge in [-0.15, -0.1) is 0 Å². The Balaban J connectivity index is 1.98. The van der Waals surface area contributed by atoms with E-state index in [4.69, 9.17) is 0 Å². The van der Waals surface area contributed by atoms with E-state index < -0.39 is 0 Å². The van der Waals surface area contributed by atoms with Gasteiger partial charge in [0.05, 0.1) is 0 Å². The number of carbonyl (C=O) groups is 2. The third-order valence-electron chi connectivity index (χ3n) is 2.95. The van der Waals surface area contributed by atoms with Crippen molar-refractivity contribution in [1.82, 2.24) is 16.0 Å². The number of nitrogens with one attached hydrogen (secondary N) is 3. The molecule has 0 bridgehead atoms. The molecule has 3 N–H and O–H groups in total. The van der Waals surface area contributed by atoms with Gasteiger partial charge in [-0.05, 0) is 19.3 Å². The van der Waals surface area contributed by atoms with Gasteiger partial charge in [0, 0.05) is 26.1 Å². The molecular weight excluding hydrogens is 218 g/mol. The smallest absolute Gasteiger partial charge is 0.315 e. The van der Waals surface area contributed by atoms with Gasteiger partial charge >= 0.3 is 6.03 Å². The zero-order valence-electron chi connectivity index (χ0n) is 10.6. The van der Waals surface area contributed by atoms with Gasteiger partial charge in [-0.3, -0.25) is 4.79 Å². The monoisotopic (exact) mass is 241 g/mol. The first-order valence-corrected chi connectivity index (χ1v) is 6.47. The zero-order valence-corrected chi connectivity index (χ0v) is 10.6. The third kappa shape index (κ3) is 6.81. The van der Waals surface area contributed by atoms with Crippen LogP contribution in [-0.2, 0) is 4.79 Å². The van der Waals surface area contributed by atoms with Crippen LogP contribution < -0.4 is 16.0 Å². The summed E-state index contributed by atoms with van der Waals surface area (Å²) < 4.78 is 0. The van der Waals surface area contributed by atoms with Gasteiger partial charge in [0.2, 0.25) is 5.91 Å². The van der Waals surface area contributed by atoms with Crippen LogP contribution in [0.3, 0.4) is 0 Å². The van der Waals surface area contributed by atoms with Crippen molar-refractivity contribution >= 4 is 11.9 Å². The lowest BCUT2D eigenvalue weighted by Crippen LogP contribution is -2.43. The molecule has 3 amide bonds. The molecule has 0 aromatic heterocycles. The first-order chi connectivity index (χ1) is 8.18. The van der Waals surface area contributed by atoms with E-state index in [1.807, 2.05) is 0 Å². The molecule has 0 saturated heterocycles. The highest BCUT2D eigenvalue weighted by atomic mass is 16.2. The van der Waals surface area contributed by atoms with Crippen molar-refractivity contribution in [3.63, 3.8) is 0 Å². The Hall–Kier alpha value is -1.26. The third-order valence-corrected chi connectivity index (χ3v) is 2.95. The first kappa shape index (κ1) is 13.8. The molecule has 0 aromatic rings. The highest BCUT2D eigenvalue weighted by molar-refractivity contribution is 5.74. The van der Waals surface area contributed by atoms with Crippen molar-refractivity contribution in [3.8, 4) is 0 Å². The number of hydrogen-bond donors (Lipinski definition) is 3. The number of hydrogen-bond acceptors (Lipinski definition) is 2. The van der Waals surface area contributed by atoms with Gasteiger partial charge in [-0.25, -0.2) is 4.79 Å². The van der Waals surface area contributed by atoms with Crippen LogP contribution in [0, 0.1) is 0 Å². The van der Waals surface area contributed by atoms with Gasteiger partial charge in [-0.1, -0.05) is 19.3 Å². The van der Waals surface area contributed by atoms with Crippen LogP contribution in [0.5, 0.6) is 0 Å². The van der Waals surface area contributed by atoms with Crippen molar-refractivity contribution < 1.29 is 9.59 Å². The normalized spacial score (nSPS) is 16.3. The van der Waals surface area contributed by atoms with Crippen LogP contribution in [0.4, 0.5) is 4.79 Å². The van der Waals surface area contributed by atoms with Crippen molar-refractivity contribution in [2.24, 2.45) is 0 Å². The molecule has 1 aliphatic carbocycles. The Morgan fingerprint density at radius 3 is 2.35 bits per heavy atom. The highest BCUT2D eigenvalue weighted by Gasteiger charge is 2.14. The Morgan fingerprint density at radius 2 is 1.71 bits per heavy atom. The summed E-state index contributed by atoms with van der Waals surface area (Å²) in [4.78, 5) is 22.1. The molecule has 5 heteroatoms. The van der Waals surface area contributed by atoms with E-state index in [0.29, 0.717) is 19.1 Å². The minimum absolute atomic E-state index is 0.0309. The fourth-order valence-corrected chi connectivity index (χ4v) is 2.04. The topological polar surface area (TPSA) is 70.2 Å². The van der Waals surface area contributed by atoms with Crippen LogP contribution >= 0.6 is 0 Å². The summed E-state index contributed by atoms with van der Waals surface area (Å²) in [6.45, 7) is 2.70. The largest absolute Gasteiger partial charge is 0.356 e. The lowest BCUT2D eigenvalue weighted by atomic mass is 9.96. The summed E-state index contributed by atoms with van der Waals surface area (Å²) >= 11 is 0. The highest BCUT2D eigenvalue weighted by Crippen LogP contribution is 2.16. The Labute approximate surface area is 103 Å². The summed E-state index contributed by atoms with van der Waals surface area (Å²) in [5.74, 6) is -0.0309. The van der Waals surface area contributed by atoms with Crippen LogP contribution in [0.25, 0.3) is 0 Å². The molecule has 1 saturated carbocycles. The minimum Gasteiger partial charge on any atom is -0.356 e. The molecule has 0 heterocycles. The fraction of sp³-hybridized carbons (Fsp3) is 0.833. The van der Waals surface area contributed by atoms with E-state index in [0.717, 1.165) is 19.3 Å². The van der Waals surface area contributed by atoms with Crippen LogP contribution in [0.2, 0.25) is 0 Å². The maximum Gasteiger partial charge on any atom is 0.315 e. The maximum atomic E-state index is 11.5. The van der Waals surface area contributed by atoms with E-state index in [1.165, 1.54) is 26.2 Å². The number of urea groups is 1. The predicted molar refractivity (Wildman–Crippen MR) is 66.7 cm³/mol. The molecule has 5 nitrogen and oxygen atoms in total. The molecule has 17 heavy (non-hydrogen) atoms. The maximum absolute atomic E-state index is 11.5. The predicted octanol–water partition coefficient (Wildman–Crippen LogP) is 1.14. The molecule has 0 atom stereocenters. The summed E-state index contributed by atoms with van der Waals surface area (Å²) in [6.07, 6.45) is 6.67. The Morgan fingerprint density at radius 1 is 1.06 bits per heavy atom. The Bertz CT molecular complexity index is 250. The molecule has 0 aliphatic heterocycles. The lowest BCUT2D eigenvalue weighted by Gasteiger charge is -2.22. The van der Waals surface area contributed by atoms with E-state index >= 15 is 0 Å². The average molecular weight is 241 g/mol.